The van der Waals surface area contributed by atoms with Gasteiger partial charge in [0.2, 0.25) is 11.7 Å². The number of carboxylic acids is 1. The van der Waals surface area contributed by atoms with Gasteiger partial charge in [0.1, 0.15) is 0 Å². The summed E-state index contributed by atoms with van der Waals surface area (Å²) in [4.78, 5) is 19.8. The van der Waals surface area contributed by atoms with Crippen LogP contribution in [0.3, 0.4) is 0 Å². The quantitative estimate of drug-likeness (QED) is 0.323. The number of nitrogens with zero attached hydrogens (tertiary/aromatic N) is 3. The lowest BCUT2D eigenvalue weighted by atomic mass is 9.82. The summed E-state index contributed by atoms with van der Waals surface area (Å²) in [6.07, 6.45) is 2.32. The van der Waals surface area contributed by atoms with Gasteiger partial charge in [-0.2, -0.15) is 4.98 Å². The van der Waals surface area contributed by atoms with Gasteiger partial charge in [0, 0.05) is 23.7 Å². The van der Waals surface area contributed by atoms with Gasteiger partial charge in [-0.3, -0.25) is 9.78 Å². The average Bonchev–Trinajstić information content (AvgIpc) is 3.49. The lowest BCUT2D eigenvalue weighted by molar-refractivity contribution is -0.146. The van der Waals surface area contributed by atoms with Crippen LogP contribution in [0.4, 0.5) is 0 Å². The number of benzene rings is 2. The highest BCUT2D eigenvalue weighted by Gasteiger charge is 2.28. The van der Waals surface area contributed by atoms with Gasteiger partial charge in [-0.15, -0.1) is 11.3 Å². The summed E-state index contributed by atoms with van der Waals surface area (Å²) >= 11 is 1.67. The van der Waals surface area contributed by atoms with E-state index in [1.807, 2.05) is 56.5 Å². The summed E-state index contributed by atoms with van der Waals surface area (Å²) in [5, 5.41) is 19.9. The van der Waals surface area contributed by atoms with E-state index < -0.39 is 11.4 Å². The number of nitrogens with one attached hydrogen (secondary N) is 1. The maximum absolute atomic E-state index is 11.5. The van der Waals surface area contributed by atoms with Gasteiger partial charge in [-0.25, -0.2) is 0 Å². The summed E-state index contributed by atoms with van der Waals surface area (Å²) in [6, 6.07) is 13.9. The molecule has 0 spiro atoms. The Morgan fingerprint density at radius 3 is 2.31 bits per heavy atom. The summed E-state index contributed by atoms with van der Waals surface area (Å²) in [6.45, 7) is 10.7. The molecule has 35 heavy (non-hydrogen) atoms. The van der Waals surface area contributed by atoms with Crippen LogP contribution in [0.1, 0.15) is 47.0 Å². The van der Waals surface area contributed by atoms with Crippen molar-refractivity contribution in [2.75, 3.05) is 0 Å². The fraction of sp³-hybridized carbons (Fsp3) is 0.333. The zero-order chi connectivity index (χ0) is 25.4. The van der Waals surface area contributed by atoms with E-state index in [1.165, 1.54) is 0 Å². The maximum atomic E-state index is 11.5. The van der Waals surface area contributed by atoms with E-state index in [9.17, 15) is 9.90 Å². The maximum Gasteiger partial charge on any atom is 0.309 e. The number of aliphatic carboxylic acids is 1. The molecule has 0 fully saturated rings. The molecular formula is C27H32N4O3S. The van der Waals surface area contributed by atoms with Crippen molar-refractivity contribution in [3.63, 3.8) is 0 Å². The van der Waals surface area contributed by atoms with Crippen LogP contribution in [0.2, 0.25) is 0 Å². The zero-order valence-electron chi connectivity index (χ0n) is 20.8. The first-order chi connectivity index (χ1) is 16.7. The molecule has 2 aromatic heterocycles. The molecule has 0 amide bonds. The summed E-state index contributed by atoms with van der Waals surface area (Å²) in [7, 11) is 0. The molecule has 0 unspecified atom stereocenters. The number of aromatic nitrogens is 3. The monoisotopic (exact) mass is 492 g/mol. The second kappa shape index (κ2) is 11.9. The minimum absolute atomic E-state index is 0.478. The van der Waals surface area contributed by atoms with Crippen LogP contribution in [0, 0.1) is 26.2 Å². The molecule has 0 aliphatic carbocycles. The van der Waals surface area contributed by atoms with Crippen LogP contribution < -0.4 is 5.32 Å². The molecule has 4 rings (SSSR count). The predicted octanol–water partition coefficient (Wildman–Crippen LogP) is 5.75. The summed E-state index contributed by atoms with van der Waals surface area (Å²) < 4.78 is 5.32. The first kappa shape index (κ1) is 26.2. The number of carboxylic acid groups (broad SMARTS) is 1. The molecule has 2 heterocycles. The second-order valence-electron chi connectivity index (χ2n) is 9.11. The highest BCUT2D eigenvalue weighted by molar-refractivity contribution is 7.09. The fourth-order valence-electron chi connectivity index (χ4n) is 3.62. The van der Waals surface area contributed by atoms with E-state index in [0.717, 1.165) is 32.8 Å². The van der Waals surface area contributed by atoms with Crippen molar-refractivity contribution in [1.82, 2.24) is 20.4 Å². The van der Waals surface area contributed by atoms with Gasteiger partial charge < -0.3 is 14.9 Å². The Kier molecular flexibility index (Phi) is 8.89. The minimum Gasteiger partial charge on any atom is -0.481 e. The standard InChI is InChI=1S/C23H27N3O3.C4H5NS/c1-15-10-17(11-16(2)19(15)12-23(3,4)22(27)28)13-24-14-20-25-21(26-29-20)18-8-6-5-7-9-18;1-4-5-2-3-6-4/h5-11,24H,12-14H2,1-4H3,(H,27,28);2-3H,1H3. The highest BCUT2D eigenvalue weighted by atomic mass is 32.1. The van der Waals surface area contributed by atoms with E-state index in [4.69, 9.17) is 4.52 Å². The Bertz CT molecular complexity index is 1210. The molecule has 0 atom stereocenters. The van der Waals surface area contributed by atoms with E-state index >= 15 is 0 Å². The molecule has 0 saturated heterocycles. The van der Waals surface area contributed by atoms with Crippen molar-refractivity contribution in [2.45, 2.75) is 54.1 Å². The molecule has 0 bridgehead atoms. The van der Waals surface area contributed by atoms with Gasteiger partial charge >= 0.3 is 5.97 Å². The van der Waals surface area contributed by atoms with Crippen molar-refractivity contribution in [3.05, 3.63) is 87.2 Å². The van der Waals surface area contributed by atoms with Crippen molar-refractivity contribution >= 4 is 17.3 Å². The predicted molar refractivity (Wildman–Crippen MR) is 138 cm³/mol. The number of hydrogen-bond acceptors (Lipinski definition) is 7. The highest BCUT2D eigenvalue weighted by Crippen LogP contribution is 2.27. The van der Waals surface area contributed by atoms with Crippen LogP contribution >= 0.6 is 11.3 Å². The normalized spacial score (nSPS) is 11.1. The molecule has 2 N–H and O–H groups in total. The molecule has 4 aromatic rings. The molecule has 2 aromatic carbocycles. The third-order valence-corrected chi connectivity index (χ3v) is 6.32. The topological polar surface area (TPSA) is 101 Å². The van der Waals surface area contributed by atoms with Crippen molar-refractivity contribution in [1.29, 1.82) is 0 Å². The molecule has 0 aliphatic rings. The molecular weight excluding hydrogens is 460 g/mol. The number of aryl methyl sites for hydroxylation is 3. The first-order valence-electron chi connectivity index (χ1n) is 11.4. The molecule has 7 nitrogen and oxygen atoms in total. The van der Waals surface area contributed by atoms with Crippen molar-refractivity contribution < 1.29 is 14.4 Å². The van der Waals surface area contributed by atoms with E-state index in [-0.39, 0.29) is 0 Å². The lowest BCUT2D eigenvalue weighted by Gasteiger charge is -2.22. The van der Waals surface area contributed by atoms with Crippen LogP contribution in [0.15, 0.2) is 58.6 Å². The van der Waals surface area contributed by atoms with Crippen LogP contribution in [-0.4, -0.2) is 26.2 Å². The molecule has 0 radical (unpaired) electrons. The molecule has 184 valence electrons. The number of rotatable bonds is 8. The Hall–Kier alpha value is -3.36. The van der Waals surface area contributed by atoms with Crippen molar-refractivity contribution in [3.8, 4) is 11.4 Å². The Morgan fingerprint density at radius 1 is 1.09 bits per heavy atom. The minimum atomic E-state index is -0.788. The van der Waals surface area contributed by atoms with Gasteiger partial charge in [0.15, 0.2) is 0 Å². The summed E-state index contributed by atoms with van der Waals surface area (Å²) in [5.74, 6) is 0.341. The van der Waals surface area contributed by atoms with E-state index in [0.29, 0.717) is 31.2 Å². The van der Waals surface area contributed by atoms with Crippen molar-refractivity contribution in [2.24, 2.45) is 5.41 Å². The molecule has 0 aliphatic heterocycles. The van der Waals surface area contributed by atoms with Crippen LogP contribution in [0.5, 0.6) is 0 Å². The number of thiazole rings is 1. The van der Waals surface area contributed by atoms with Gasteiger partial charge in [-0.1, -0.05) is 47.6 Å². The third-order valence-electron chi connectivity index (χ3n) is 5.61. The lowest BCUT2D eigenvalue weighted by Crippen LogP contribution is -2.27. The Labute approximate surface area is 210 Å². The number of hydrogen-bond donors (Lipinski definition) is 2. The number of carbonyl (C=O) groups is 1. The van der Waals surface area contributed by atoms with Crippen LogP contribution in [-0.2, 0) is 24.3 Å². The van der Waals surface area contributed by atoms with Gasteiger partial charge in [-0.05, 0) is 63.3 Å². The third kappa shape index (κ3) is 7.56. The van der Waals surface area contributed by atoms with E-state index in [1.54, 1.807) is 31.4 Å². The van der Waals surface area contributed by atoms with E-state index in [2.05, 4.69) is 32.6 Å². The van der Waals surface area contributed by atoms with Gasteiger partial charge in [0.05, 0.1) is 17.0 Å². The molecule has 0 saturated carbocycles. The smallest absolute Gasteiger partial charge is 0.309 e. The largest absolute Gasteiger partial charge is 0.481 e. The summed E-state index contributed by atoms with van der Waals surface area (Å²) in [5.41, 5.74) is 4.60. The average molecular weight is 493 g/mol. The first-order valence-corrected chi connectivity index (χ1v) is 12.3. The van der Waals surface area contributed by atoms with Gasteiger partial charge in [0.25, 0.3) is 0 Å². The second-order valence-corrected chi connectivity index (χ2v) is 10.2. The van der Waals surface area contributed by atoms with Crippen LogP contribution in [0.25, 0.3) is 11.4 Å². The fourth-order valence-corrected chi connectivity index (χ4v) is 4.06. The Morgan fingerprint density at radius 2 is 1.77 bits per heavy atom. The zero-order valence-corrected chi connectivity index (χ0v) is 21.6. The Balaban J connectivity index is 0.000000497. The SMILES string of the molecule is Cc1cc(CNCc2nc(-c3ccccc3)no2)cc(C)c1CC(C)(C)C(=O)O.Cc1nccs1. The molecule has 8 heteroatoms.